The molecule has 0 atom stereocenters. The summed E-state index contributed by atoms with van der Waals surface area (Å²) in [6.07, 6.45) is 4.39. The van der Waals surface area contributed by atoms with Crippen molar-refractivity contribution in [1.82, 2.24) is 10.6 Å². The molecule has 0 saturated carbocycles. The molecular formula is C12H22N2O2. The van der Waals surface area contributed by atoms with Crippen LogP contribution in [0.5, 0.6) is 0 Å². The summed E-state index contributed by atoms with van der Waals surface area (Å²) in [5.74, 6) is -0.0727. The Morgan fingerprint density at radius 1 is 1.25 bits per heavy atom. The van der Waals surface area contributed by atoms with Crippen LogP contribution in [0.15, 0.2) is 12.2 Å². The molecule has 0 aliphatic rings. The average Bonchev–Trinajstić information content (AvgIpc) is 2.16. The smallest absolute Gasteiger partial charge is 0.243 e. The van der Waals surface area contributed by atoms with Gasteiger partial charge in [0.25, 0.3) is 0 Å². The summed E-state index contributed by atoms with van der Waals surface area (Å²) in [6, 6.07) is 0. The number of likely N-dealkylation sites (N-methyl/N-ethyl adjacent to an activating group) is 1. The van der Waals surface area contributed by atoms with Gasteiger partial charge in [-0.3, -0.25) is 9.59 Å². The van der Waals surface area contributed by atoms with Crippen LogP contribution in [-0.2, 0) is 9.59 Å². The molecule has 0 aromatic heterocycles. The lowest BCUT2D eigenvalue weighted by Crippen LogP contribution is -2.42. The van der Waals surface area contributed by atoms with Crippen LogP contribution in [0, 0.1) is 0 Å². The molecule has 0 heterocycles. The standard InChI is InChI=1S/C12H22N2O2/c1-5-10(15)14-12(3,4)9-7-8-11(16)13-6-2/h7-8H,5-6,9H2,1-4H3,(H,13,16)(H,14,15)/b8-7-. The number of hydrogen-bond acceptors (Lipinski definition) is 2. The van der Waals surface area contributed by atoms with Crippen molar-refractivity contribution in [3.63, 3.8) is 0 Å². The zero-order valence-electron chi connectivity index (χ0n) is 10.6. The van der Waals surface area contributed by atoms with Crippen LogP contribution >= 0.6 is 0 Å². The fourth-order valence-electron chi connectivity index (χ4n) is 1.21. The average molecular weight is 226 g/mol. The first-order chi connectivity index (χ1) is 7.41. The van der Waals surface area contributed by atoms with E-state index in [4.69, 9.17) is 0 Å². The molecule has 0 bridgehead atoms. The fraction of sp³-hybridized carbons (Fsp3) is 0.667. The Kier molecular flexibility index (Phi) is 6.46. The van der Waals surface area contributed by atoms with Gasteiger partial charge in [-0.25, -0.2) is 0 Å². The molecule has 2 N–H and O–H groups in total. The second-order valence-electron chi connectivity index (χ2n) is 4.29. The fourth-order valence-corrected chi connectivity index (χ4v) is 1.21. The number of amides is 2. The van der Waals surface area contributed by atoms with Gasteiger partial charge in [0.2, 0.25) is 11.8 Å². The SMILES string of the molecule is CCNC(=O)/C=C\CC(C)(C)NC(=O)CC. The predicted octanol–water partition coefficient (Wildman–Crippen LogP) is 1.37. The molecule has 92 valence electrons. The van der Waals surface area contributed by atoms with Crippen molar-refractivity contribution in [2.75, 3.05) is 6.54 Å². The van der Waals surface area contributed by atoms with Crippen molar-refractivity contribution >= 4 is 11.8 Å². The van der Waals surface area contributed by atoms with E-state index >= 15 is 0 Å². The van der Waals surface area contributed by atoms with E-state index in [1.165, 1.54) is 6.08 Å². The molecule has 0 radical (unpaired) electrons. The molecule has 4 heteroatoms. The third kappa shape index (κ3) is 7.04. The van der Waals surface area contributed by atoms with Gasteiger partial charge in [0.15, 0.2) is 0 Å². The monoisotopic (exact) mass is 226 g/mol. The number of rotatable bonds is 6. The predicted molar refractivity (Wildman–Crippen MR) is 65.0 cm³/mol. The van der Waals surface area contributed by atoms with Gasteiger partial charge < -0.3 is 10.6 Å². The molecule has 0 fully saturated rings. The van der Waals surface area contributed by atoms with Crippen molar-refractivity contribution in [2.45, 2.75) is 46.1 Å². The van der Waals surface area contributed by atoms with Gasteiger partial charge in [-0.05, 0) is 33.3 Å². The molecular weight excluding hydrogens is 204 g/mol. The van der Waals surface area contributed by atoms with Crippen molar-refractivity contribution in [1.29, 1.82) is 0 Å². The van der Waals surface area contributed by atoms with E-state index in [2.05, 4.69) is 10.6 Å². The number of nitrogens with one attached hydrogen (secondary N) is 2. The maximum absolute atomic E-state index is 11.2. The highest BCUT2D eigenvalue weighted by atomic mass is 16.2. The topological polar surface area (TPSA) is 58.2 Å². The van der Waals surface area contributed by atoms with E-state index in [9.17, 15) is 9.59 Å². The van der Waals surface area contributed by atoms with Crippen LogP contribution in [0.3, 0.4) is 0 Å². The lowest BCUT2D eigenvalue weighted by molar-refractivity contribution is -0.122. The molecule has 0 aromatic carbocycles. The lowest BCUT2D eigenvalue weighted by Gasteiger charge is -2.24. The Hall–Kier alpha value is -1.32. The summed E-state index contributed by atoms with van der Waals surface area (Å²) >= 11 is 0. The Balaban J connectivity index is 4.07. The highest BCUT2D eigenvalue weighted by Crippen LogP contribution is 2.09. The first kappa shape index (κ1) is 14.7. The van der Waals surface area contributed by atoms with Gasteiger partial charge in [0, 0.05) is 18.5 Å². The minimum atomic E-state index is -0.309. The van der Waals surface area contributed by atoms with Gasteiger partial charge in [-0.2, -0.15) is 0 Å². The molecule has 0 spiro atoms. The van der Waals surface area contributed by atoms with Gasteiger partial charge in [-0.1, -0.05) is 13.0 Å². The maximum Gasteiger partial charge on any atom is 0.243 e. The number of hydrogen-bond donors (Lipinski definition) is 2. The third-order valence-corrected chi connectivity index (χ3v) is 2.05. The summed E-state index contributed by atoms with van der Waals surface area (Å²) in [5.41, 5.74) is -0.309. The quantitative estimate of drug-likeness (QED) is 0.672. The zero-order chi connectivity index (χ0) is 12.6. The van der Waals surface area contributed by atoms with Crippen LogP contribution in [0.4, 0.5) is 0 Å². The molecule has 0 aliphatic heterocycles. The van der Waals surface area contributed by atoms with E-state index < -0.39 is 0 Å². The van der Waals surface area contributed by atoms with Gasteiger partial charge in [0.05, 0.1) is 0 Å². The van der Waals surface area contributed by atoms with Crippen molar-refractivity contribution in [2.24, 2.45) is 0 Å². The Bertz CT molecular complexity index is 270. The van der Waals surface area contributed by atoms with Gasteiger partial charge in [0.1, 0.15) is 0 Å². The van der Waals surface area contributed by atoms with E-state index in [1.54, 1.807) is 6.08 Å². The highest BCUT2D eigenvalue weighted by molar-refractivity contribution is 5.87. The lowest BCUT2D eigenvalue weighted by atomic mass is 10.00. The molecule has 2 amide bonds. The number of carbonyl (C=O) groups is 2. The maximum atomic E-state index is 11.2. The van der Waals surface area contributed by atoms with Crippen molar-refractivity contribution in [3.05, 3.63) is 12.2 Å². The van der Waals surface area contributed by atoms with Gasteiger partial charge >= 0.3 is 0 Å². The minimum Gasteiger partial charge on any atom is -0.353 e. The summed E-state index contributed by atoms with van der Waals surface area (Å²) in [4.78, 5) is 22.3. The molecule has 0 rings (SSSR count). The van der Waals surface area contributed by atoms with Crippen LogP contribution in [-0.4, -0.2) is 23.9 Å². The van der Waals surface area contributed by atoms with Crippen molar-refractivity contribution < 1.29 is 9.59 Å². The third-order valence-electron chi connectivity index (χ3n) is 2.05. The molecule has 0 saturated heterocycles. The minimum absolute atomic E-state index is 0.0245. The van der Waals surface area contributed by atoms with Gasteiger partial charge in [-0.15, -0.1) is 0 Å². The second kappa shape index (κ2) is 7.04. The Morgan fingerprint density at radius 2 is 1.88 bits per heavy atom. The van der Waals surface area contributed by atoms with E-state index in [0.29, 0.717) is 19.4 Å². The van der Waals surface area contributed by atoms with Crippen LogP contribution in [0.1, 0.15) is 40.5 Å². The Labute approximate surface area is 97.5 Å². The van der Waals surface area contributed by atoms with E-state index in [-0.39, 0.29) is 17.4 Å². The normalized spacial score (nSPS) is 11.5. The van der Waals surface area contributed by atoms with E-state index in [1.807, 2.05) is 27.7 Å². The zero-order valence-corrected chi connectivity index (χ0v) is 10.6. The van der Waals surface area contributed by atoms with E-state index in [0.717, 1.165) is 0 Å². The molecule has 0 unspecified atom stereocenters. The Morgan fingerprint density at radius 3 is 2.38 bits per heavy atom. The second-order valence-corrected chi connectivity index (χ2v) is 4.29. The molecule has 0 aromatic rings. The summed E-state index contributed by atoms with van der Waals surface area (Å²) in [6.45, 7) is 8.18. The molecule has 4 nitrogen and oxygen atoms in total. The van der Waals surface area contributed by atoms with Crippen LogP contribution in [0.25, 0.3) is 0 Å². The molecule has 16 heavy (non-hydrogen) atoms. The van der Waals surface area contributed by atoms with Crippen LogP contribution in [0.2, 0.25) is 0 Å². The van der Waals surface area contributed by atoms with Crippen LogP contribution < -0.4 is 10.6 Å². The highest BCUT2D eigenvalue weighted by Gasteiger charge is 2.17. The summed E-state index contributed by atoms with van der Waals surface area (Å²) < 4.78 is 0. The number of carbonyl (C=O) groups excluding carboxylic acids is 2. The largest absolute Gasteiger partial charge is 0.353 e. The van der Waals surface area contributed by atoms with Crippen molar-refractivity contribution in [3.8, 4) is 0 Å². The summed E-state index contributed by atoms with van der Waals surface area (Å²) in [7, 11) is 0. The first-order valence-corrected chi connectivity index (χ1v) is 5.66. The molecule has 0 aliphatic carbocycles. The summed E-state index contributed by atoms with van der Waals surface area (Å²) in [5, 5.41) is 5.56. The first-order valence-electron chi connectivity index (χ1n) is 5.66.